The van der Waals surface area contributed by atoms with Gasteiger partial charge in [0.05, 0.1) is 6.10 Å². The Morgan fingerprint density at radius 2 is 1.94 bits per heavy atom. The number of ether oxygens (including phenoxy) is 3. The third-order valence-corrected chi connectivity index (χ3v) is 2.27. The van der Waals surface area contributed by atoms with Crippen LogP contribution in [-0.2, 0) is 23.8 Å². The van der Waals surface area contributed by atoms with Crippen LogP contribution in [0, 0.1) is 0 Å². The smallest absolute Gasteiger partial charge is 0.303 e. The highest BCUT2D eigenvalue weighted by atomic mass is 16.7. The summed E-state index contributed by atoms with van der Waals surface area (Å²) in [6.07, 6.45) is -4.11. The molecule has 0 amide bonds. The Balaban J connectivity index is 2.64. The summed E-state index contributed by atoms with van der Waals surface area (Å²) in [5, 5.41) is 19.0. The van der Waals surface area contributed by atoms with Crippen molar-refractivity contribution >= 4 is 11.9 Å². The highest BCUT2D eigenvalue weighted by Crippen LogP contribution is 2.22. The van der Waals surface area contributed by atoms with Crippen LogP contribution in [-0.4, -0.2) is 53.4 Å². The lowest BCUT2D eigenvalue weighted by Crippen LogP contribution is -2.52. The van der Waals surface area contributed by atoms with Crippen molar-refractivity contribution in [2.24, 2.45) is 0 Å². The summed E-state index contributed by atoms with van der Waals surface area (Å²) in [6.45, 7) is 2.22. The summed E-state index contributed by atoms with van der Waals surface area (Å²) in [6, 6.07) is 0. The second kappa shape index (κ2) is 5.95. The van der Waals surface area contributed by atoms with Crippen LogP contribution >= 0.6 is 0 Å². The Hall–Kier alpha value is -1.18. The molecule has 0 saturated carbocycles. The van der Waals surface area contributed by atoms with Crippen LogP contribution in [0.3, 0.4) is 0 Å². The minimum Gasteiger partial charge on any atom is -0.463 e. The number of aliphatic hydroxyl groups excluding tert-OH is 2. The van der Waals surface area contributed by atoms with Crippen molar-refractivity contribution in [2.75, 3.05) is 6.61 Å². The lowest BCUT2D eigenvalue weighted by Gasteiger charge is -2.36. The van der Waals surface area contributed by atoms with E-state index in [1.54, 1.807) is 0 Å². The van der Waals surface area contributed by atoms with Crippen LogP contribution in [0.1, 0.15) is 20.3 Å². The summed E-state index contributed by atoms with van der Waals surface area (Å²) in [5.41, 5.74) is 0. The molecule has 4 unspecified atom stereocenters. The molecule has 1 aliphatic heterocycles. The van der Waals surface area contributed by atoms with E-state index < -0.39 is 36.5 Å². The average molecular weight is 248 g/mol. The molecule has 4 atom stereocenters. The number of rotatable bonds is 3. The van der Waals surface area contributed by atoms with Crippen LogP contribution in [0.15, 0.2) is 0 Å². The monoisotopic (exact) mass is 248 g/mol. The highest BCUT2D eigenvalue weighted by molar-refractivity contribution is 5.66. The fraction of sp³-hybridized carbons (Fsp3) is 0.800. The van der Waals surface area contributed by atoms with E-state index in [9.17, 15) is 19.8 Å². The molecule has 1 fully saturated rings. The Bertz CT molecular complexity index is 290. The number of hydrogen-bond donors (Lipinski definition) is 2. The first-order valence-corrected chi connectivity index (χ1v) is 5.22. The summed E-state index contributed by atoms with van der Waals surface area (Å²) in [4.78, 5) is 21.5. The Kier molecular flexibility index (Phi) is 4.86. The molecule has 1 rings (SSSR count). The van der Waals surface area contributed by atoms with Gasteiger partial charge in [-0.25, -0.2) is 0 Å². The van der Waals surface area contributed by atoms with E-state index in [2.05, 4.69) is 0 Å². The van der Waals surface area contributed by atoms with Gasteiger partial charge in [0, 0.05) is 20.3 Å². The summed E-state index contributed by atoms with van der Waals surface area (Å²) in [7, 11) is 0. The van der Waals surface area contributed by atoms with Gasteiger partial charge < -0.3 is 24.4 Å². The van der Waals surface area contributed by atoms with E-state index in [0.29, 0.717) is 0 Å². The molecular weight excluding hydrogens is 232 g/mol. The lowest BCUT2D eigenvalue weighted by atomic mass is 10.0. The fourth-order valence-corrected chi connectivity index (χ4v) is 1.60. The van der Waals surface area contributed by atoms with Crippen LogP contribution in [0.4, 0.5) is 0 Å². The molecule has 0 aromatic rings. The minimum atomic E-state index is -1.17. The van der Waals surface area contributed by atoms with Crippen molar-refractivity contribution < 1.29 is 34.0 Å². The van der Waals surface area contributed by atoms with Crippen LogP contribution in [0.5, 0.6) is 0 Å². The van der Waals surface area contributed by atoms with Crippen LogP contribution < -0.4 is 0 Å². The molecule has 0 aromatic heterocycles. The van der Waals surface area contributed by atoms with E-state index >= 15 is 0 Å². The van der Waals surface area contributed by atoms with Crippen LogP contribution in [0.2, 0.25) is 0 Å². The van der Waals surface area contributed by atoms with Gasteiger partial charge >= 0.3 is 11.9 Å². The third kappa shape index (κ3) is 4.29. The second-order valence-corrected chi connectivity index (χ2v) is 3.81. The predicted octanol–water partition coefficient (Wildman–Crippen LogP) is -1.05. The molecule has 2 N–H and O–H groups in total. The minimum absolute atomic E-state index is 0.0610. The zero-order chi connectivity index (χ0) is 13.0. The molecule has 1 aliphatic rings. The van der Waals surface area contributed by atoms with Gasteiger partial charge in [0.15, 0.2) is 12.4 Å². The van der Waals surface area contributed by atoms with Crippen molar-refractivity contribution in [2.45, 2.75) is 44.9 Å². The van der Waals surface area contributed by atoms with E-state index in [4.69, 9.17) is 14.2 Å². The van der Waals surface area contributed by atoms with E-state index in [-0.39, 0.29) is 13.0 Å². The van der Waals surface area contributed by atoms with Crippen molar-refractivity contribution in [1.29, 1.82) is 0 Å². The standard InChI is InChI=1S/C10H16O7/c1-5(11)15-4-8-10(16-6(2)12)7(13)3-9(14)17-8/h7-10,13-14H,3-4H2,1-2H3. The van der Waals surface area contributed by atoms with E-state index in [0.717, 1.165) is 0 Å². The number of carbonyl (C=O) groups is 2. The predicted molar refractivity (Wildman–Crippen MR) is 53.7 cm³/mol. The van der Waals surface area contributed by atoms with Crippen molar-refractivity contribution in [3.05, 3.63) is 0 Å². The number of carbonyl (C=O) groups excluding carboxylic acids is 2. The van der Waals surface area contributed by atoms with E-state index in [1.807, 2.05) is 0 Å². The topological polar surface area (TPSA) is 102 Å². The normalized spacial score (nSPS) is 32.9. The Morgan fingerprint density at radius 1 is 1.29 bits per heavy atom. The molecule has 0 spiro atoms. The summed E-state index contributed by atoms with van der Waals surface area (Å²) >= 11 is 0. The number of esters is 2. The van der Waals surface area contributed by atoms with Crippen molar-refractivity contribution in [1.82, 2.24) is 0 Å². The first-order valence-electron chi connectivity index (χ1n) is 5.22. The maximum Gasteiger partial charge on any atom is 0.303 e. The SMILES string of the molecule is CC(=O)OCC1OC(O)CC(O)C1OC(C)=O. The van der Waals surface area contributed by atoms with Gasteiger partial charge in [0.25, 0.3) is 0 Å². The molecular formula is C10H16O7. The fourth-order valence-electron chi connectivity index (χ4n) is 1.60. The molecule has 0 aromatic carbocycles. The average Bonchev–Trinajstić information content (AvgIpc) is 2.18. The molecule has 7 nitrogen and oxygen atoms in total. The summed E-state index contributed by atoms with van der Waals surface area (Å²) in [5.74, 6) is -1.11. The molecule has 17 heavy (non-hydrogen) atoms. The van der Waals surface area contributed by atoms with Gasteiger partial charge in [-0.15, -0.1) is 0 Å². The van der Waals surface area contributed by atoms with Gasteiger partial charge in [0.2, 0.25) is 0 Å². The summed E-state index contributed by atoms with van der Waals surface area (Å²) < 4.78 is 14.7. The first-order chi connectivity index (χ1) is 7.90. The lowest BCUT2D eigenvalue weighted by molar-refractivity contribution is -0.248. The molecule has 0 radical (unpaired) electrons. The number of hydrogen-bond acceptors (Lipinski definition) is 7. The first kappa shape index (κ1) is 13.9. The zero-order valence-corrected chi connectivity index (χ0v) is 9.66. The largest absolute Gasteiger partial charge is 0.463 e. The van der Waals surface area contributed by atoms with Gasteiger partial charge in [-0.3, -0.25) is 9.59 Å². The second-order valence-electron chi connectivity index (χ2n) is 3.81. The van der Waals surface area contributed by atoms with Gasteiger partial charge in [-0.05, 0) is 0 Å². The molecule has 7 heteroatoms. The van der Waals surface area contributed by atoms with Crippen LogP contribution in [0.25, 0.3) is 0 Å². The van der Waals surface area contributed by atoms with Crippen molar-refractivity contribution in [3.8, 4) is 0 Å². The Labute approximate surface area is 98.3 Å². The third-order valence-electron chi connectivity index (χ3n) is 2.27. The molecule has 1 saturated heterocycles. The molecule has 0 bridgehead atoms. The number of aliphatic hydroxyl groups is 2. The molecule has 0 aliphatic carbocycles. The quantitative estimate of drug-likeness (QED) is 0.614. The highest BCUT2D eigenvalue weighted by Gasteiger charge is 2.40. The van der Waals surface area contributed by atoms with Crippen molar-refractivity contribution in [3.63, 3.8) is 0 Å². The van der Waals surface area contributed by atoms with Gasteiger partial charge in [0.1, 0.15) is 12.7 Å². The Morgan fingerprint density at radius 3 is 2.47 bits per heavy atom. The zero-order valence-electron chi connectivity index (χ0n) is 9.66. The molecule has 1 heterocycles. The van der Waals surface area contributed by atoms with E-state index in [1.165, 1.54) is 13.8 Å². The molecule has 98 valence electrons. The van der Waals surface area contributed by atoms with Gasteiger partial charge in [-0.2, -0.15) is 0 Å². The maximum atomic E-state index is 10.9. The maximum absolute atomic E-state index is 10.9. The van der Waals surface area contributed by atoms with Gasteiger partial charge in [-0.1, -0.05) is 0 Å².